The van der Waals surface area contributed by atoms with Crippen LogP contribution in [0, 0.1) is 0 Å². The lowest BCUT2D eigenvalue weighted by atomic mass is 10.0. The van der Waals surface area contributed by atoms with Gasteiger partial charge in [0, 0.05) is 11.3 Å². The fraction of sp³-hybridized carbons (Fsp3) is 0.0625. The summed E-state index contributed by atoms with van der Waals surface area (Å²) in [5.41, 5.74) is 0.581. The first-order chi connectivity index (χ1) is 10.1. The normalized spacial score (nSPS) is 9.76. The van der Waals surface area contributed by atoms with Crippen LogP contribution in [0.5, 0.6) is 0 Å². The zero-order chi connectivity index (χ0) is 15.2. The number of methoxy groups -OCH3 is 1. The lowest BCUT2D eigenvalue weighted by molar-refractivity contribution is -0.112. The third-order valence-electron chi connectivity index (χ3n) is 2.81. The second-order valence-corrected chi connectivity index (χ2v) is 4.19. The van der Waals surface area contributed by atoms with Gasteiger partial charge in [0.05, 0.1) is 12.7 Å². The number of carbonyl (C=O) groups excluding carboxylic acids is 3. The number of hydrogen-bond acceptors (Lipinski definition) is 4. The summed E-state index contributed by atoms with van der Waals surface area (Å²) in [7, 11) is 1.22. The van der Waals surface area contributed by atoms with Crippen LogP contribution >= 0.6 is 0 Å². The highest BCUT2D eigenvalue weighted by molar-refractivity contribution is 6.47. The van der Waals surface area contributed by atoms with E-state index in [0.29, 0.717) is 5.69 Å². The summed E-state index contributed by atoms with van der Waals surface area (Å²) in [5, 5.41) is 2.48. The molecule has 21 heavy (non-hydrogen) atoms. The molecule has 0 unspecified atom stereocenters. The van der Waals surface area contributed by atoms with E-state index in [0.717, 1.165) is 0 Å². The molecular weight excluding hydrogens is 270 g/mol. The molecule has 0 aliphatic carbocycles. The fourth-order valence-corrected chi connectivity index (χ4v) is 1.80. The summed E-state index contributed by atoms with van der Waals surface area (Å²) >= 11 is 0. The van der Waals surface area contributed by atoms with Gasteiger partial charge in [-0.05, 0) is 24.3 Å². The summed E-state index contributed by atoms with van der Waals surface area (Å²) < 4.78 is 4.60. The van der Waals surface area contributed by atoms with Crippen LogP contribution in [0.3, 0.4) is 0 Å². The number of esters is 1. The van der Waals surface area contributed by atoms with Crippen LogP contribution in [0.4, 0.5) is 5.69 Å². The minimum absolute atomic E-state index is 0.0118. The largest absolute Gasteiger partial charge is 0.465 e. The fourth-order valence-electron chi connectivity index (χ4n) is 1.80. The van der Waals surface area contributed by atoms with Crippen LogP contribution < -0.4 is 5.32 Å². The number of benzene rings is 2. The number of hydrogen-bond donors (Lipinski definition) is 1. The van der Waals surface area contributed by atoms with Crippen molar-refractivity contribution in [3.63, 3.8) is 0 Å². The molecule has 5 nitrogen and oxygen atoms in total. The van der Waals surface area contributed by atoms with E-state index in [-0.39, 0.29) is 11.1 Å². The van der Waals surface area contributed by atoms with Crippen molar-refractivity contribution < 1.29 is 19.1 Å². The maximum absolute atomic E-state index is 12.2. The average Bonchev–Trinajstić information content (AvgIpc) is 2.54. The van der Waals surface area contributed by atoms with Crippen molar-refractivity contribution in [2.24, 2.45) is 0 Å². The molecule has 5 heteroatoms. The number of anilines is 1. The monoisotopic (exact) mass is 283 g/mol. The highest BCUT2D eigenvalue weighted by atomic mass is 16.5. The minimum Gasteiger partial charge on any atom is -0.465 e. The smallest absolute Gasteiger partial charge is 0.338 e. The maximum atomic E-state index is 12.2. The number of amides is 1. The van der Waals surface area contributed by atoms with Gasteiger partial charge in [-0.15, -0.1) is 0 Å². The van der Waals surface area contributed by atoms with E-state index in [9.17, 15) is 14.4 Å². The van der Waals surface area contributed by atoms with Crippen LogP contribution in [0.15, 0.2) is 54.6 Å². The van der Waals surface area contributed by atoms with E-state index in [1.807, 2.05) is 0 Å². The zero-order valence-electron chi connectivity index (χ0n) is 11.3. The lowest BCUT2D eigenvalue weighted by Gasteiger charge is -2.07. The van der Waals surface area contributed by atoms with Crippen LogP contribution in [0.1, 0.15) is 20.7 Å². The molecule has 0 aliphatic heterocycles. The van der Waals surface area contributed by atoms with E-state index in [1.165, 1.54) is 19.2 Å². The van der Waals surface area contributed by atoms with Gasteiger partial charge in [-0.2, -0.15) is 0 Å². The number of carbonyl (C=O) groups is 3. The molecule has 0 fully saturated rings. The second kappa shape index (κ2) is 6.47. The SMILES string of the molecule is COC(=O)c1ccccc1C(=O)C(=O)Nc1ccccc1. The molecule has 2 aromatic carbocycles. The van der Waals surface area contributed by atoms with E-state index < -0.39 is 17.7 Å². The highest BCUT2D eigenvalue weighted by Crippen LogP contribution is 2.13. The third kappa shape index (κ3) is 3.33. The van der Waals surface area contributed by atoms with Crippen molar-refractivity contribution in [2.45, 2.75) is 0 Å². The lowest BCUT2D eigenvalue weighted by Crippen LogP contribution is -2.24. The molecule has 0 saturated heterocycles. The number of nitrogens with one attached hydrogen (secondary N) is 1. The Morgan fingerprint density at radius 3 is 2.05 bits per heavy atom. The Bertz CT molecular complexity index is 680. The Labute approximate surface area is 121 Å². The summed E-state index contributed by atoms with van der Waals surface area (Å²) in [4.78, 5) is 35.7. The predicted molar refractivity (Wildman–Crippen MR) is 77.2 cm³/mol. The number of Topliss-reactive ketones (excluding diaryl/α,β-unsaturated/α-hetero) is 1. The molecule has 2 rings (SSSR count). The molecule has 2 aromatic rings. The number of para-hydroxylation sites is 1. The van der Waals surface area contributed by atoms with Crippen LogP contribution in [-0.2, 0) is 9.53 Å². The zero-order valence-corrected chi connectivity index (χ0v) is 11.3. The quantitative estimate of drug-likeness (QED) is 0.531. The average molecular weight is 283 g/mol. The van der Waals surface area contributed by atoms with Gasteiger partial charge in [-0.25, -0.2) is 4.79 Å². The van der Waals surface area contributed by atoms with E-state index in [4.69, 9.17) is 0 Å². The van der Waals surface area contributed by atoms with Gasteiger partial charge in [0.15, 0.2) is 0 Å². The van der Waals surface area contributed by atoms with Gasteiger partial charge in [0.2, 0.25) is 0 Å². The topological polar surface area (TPSA) is 72.5 Å². The molecule has 0 aromatic heterocycles. The molecular formula is C16H13NO4. The van der Waals surface area contributed by atoms with E-state index in [1.54, 1.807) is 42.5 Å². The minimum atomic E-state index is -0.808. The van der Waals surface area contributed by atoms with Crippen molar-refractivity contribution in [1.82, 2.24) is 0 Å². The number of ether oxygens (including phenoxy) is 1. The van der Waals surface area contributed by atoms with Crippen LogP contribution in [-0.4, -0.2) is 24.8 Å². The molecule has 1 N–H and O–H groups in total. The molecule has 0 radical (unpaired) electrons. The van der Waals surface area contributed by atoms with Gasteiger partial charge in [-0.3, -0.25) is 9.59 Å². The van der Waals surface area contributed by atoms with Crippen molar-refractivity contribution in [2.75, 3.05) is 12.4 Å². The first kappa shape index (κ1) is 14.5. The molecule has 0 saturated carbocycles. The Morgan fingerprint density at radius 1 is 0.857 bits per heavy atom. The Hall–Kier alpha value is -2.95. The molecule has 0 bridgehead atoms. The van der Waals surface area contributed by atoms with Crippen molar-refractivity contribution in [3.8, 4) is 0 Å². The molecule has 106 valence electrons. The summed E-state index contributed by atoms with van der Waals surface area (Å²) in [6.45, 7) is 0. The van der Waals surface area contributed by atoms with E-state index >= 15 is 0 Å². The Morgan fingerprint density at radius 2 is 1.43 bits per heavy atom. The third-order valence-corrected chi connectivity index (χ3v) is 2.81. The summed E-state index contributed by atoms with van der Waals surface area (Å²) in [5.74, 6) is -2.26. The van der Waals surface area contributed by atoms with Crippen LogP contribution in [0.2, 0.25) is 0 Å². The van der Waals surface area contributed by atoms with Crippen molar-refractivity contribution in [1.29, 1.82) is 0 Å². The number of ketones is 1. The first-order valence-corrected chi connectivity index (χ1v) is 6.21. The van der Waals surface area contributed by atoms with Crippen LogP contribution in [0.25, 0.3) is 0 Å². The predicted octanol–water partition coefficient (Wildman–Crippen LogP) is 2.29. The summed E-state index contributed by atoms with van der Waals surface area (Å²) in [6, 6.07) is 14.6. The molecule has 0 spiro atoms. The Balaban J connectivity index is 2.24. The molecule has 0 aliphatic rings. The van der Waals surface area contributed by atoms with Gasteiger partial charge < -0.3 is 10.1 Å². The number of rotatable bonds is 4. The summed E-state index contributed by atoms with van der Waals surface area (Å²) in [6.07, 6.45) is 0. The van der Waals surface area contributed by atoms with Crippen molar-refractivity contribution in [3.05, 3.63) is 65.7 Å². The van der Waals surface area contributed by atoms with E-state index in [2.05, 4.69) is 10.1 Å². The molecule has 0 atom stereocenters. The highest BCUT2D eigenvalue weighted by Gasteiger charge is 2.22. The van der Waals surface area contributed by atoms with Gasteiger partial charge in [-0.1, -0.05) is 30.3 Å². The maximum Gasteiger partial charge on any atom is 0.338 e. The standard InChI is InChI=1S/C16H13NO4/c1-21-16(20)13-10-6-5-9-12(13)14(18)15(19)17-11-7-3-2-4-8-11/h2-10H,1H3,(H,17,19). The first-order valence-electron chi connectivity index (χ1n) is 6.21. The molecule has 0 heterocycles. The van der Waals surface area contributed by atoms with Gasteiger partial charge >= 0.3 is 5.97 Å². The van der Waals surface area contributed by atoms with Gasteiger partial charge in [0.1, 0.15) is 0 Å². The molecule has 1 amide bonds. The van der Waals surface area contributed by atoms with Gasteiger partial charge in [0.25, 0.3) is 11.7 Å². The second-order valence-electron chi connectivity index (χ2n) is 4.19. The Kier molecular flexibility index (Phi) is 4.46. The van der Waals surface area contributed by atoms with Crippen molar-refractivity contribution >= 4 is 23.3 Å².